The van der Waals surface area contributed by atoms with Crippen molar-refractivity contribution in [2.24, 2.45) is 0 Å². The van der Waals surface area contributed by atoms with Gasteiger partial charge in [-0.1, -0.05) is 48.5 Å². The summed E-state index contributed by atoms with van der Waals surface area (Å²) in [6.45, 7) is 1.01. The molecule has 0 saturated heterocycles. The Balaban J connectivity index is 1.57. The lowest BCUT2D eigenvalue weighted by Crippen LogP contribution is -2.30. The fourth-order valence-corrected chi connectivity index (χ4v) is 3.05. The highest BCUT2D eigenvalue weighted by Crippen LogP contribution is 2.27. The molecule has 1 aliphatic carbocycles. The molecule has 0 amide bonds. The molecular weight excluding hydrogens is 270 g/mol. The van der Waals surface area contributed by atoms with Crippen molar-refractivity contribution in [3.8, 4) is 5.75 Å². The molecule has 3 rings (SSSR count). The maximum atomic E-state index is 9.40. The molecule has 2 aromatic rings. The Hall–Kier alpha value is -2.06. The van der Waals surface area contributed by atoms with Crippen LogP contribution in [-0.4, -0.2) is 17.7 Å². The zero-order valence-corrected chi connectivity index (χ0v) is 12.8. The summed E-state index contributed by atoms with van der Waals surface area (Å²) in [6.07, 6.45) is 6.98. The third-order valence-corrected chi connectivity index (χ3v) is 4.26. The first-order valence-corrected chi connectivity index (χ1v) is 8.09. The third-order valence-electron chi connectivity index (χ3n) is 4.26. The Kier molecular flexibility index (Phi) is 4.92. The van der Waals surface area contributed by atoms with Crippen molar-refractivity contribution in [1.82, 2.24) is 5.32 Å². The summed E-state index contributed by atoms with van der Waals surface area (Å²) < 4.78 is 0. The SMILES string of the molecule is Oc1ccc(C2=CC(NCCc3ccccc3)CCC2)cc1. The second kappa shape index (κ2) is 7.28. The summed E-state index contributed by atoms with van der Waals surface area (Å²) in [7, 11) is 0. The van der Waals surface area contributed by atoms with E-state index in [-0.39, 0.29) is 0 Å². The Bertz CT molecular complexity index is 616. The van der Waals surface area contributed by atoms with Gasteiger partial charge in [0.15, 0.2) is 0 Å². The number of nitrogens with one attached hydrogen (secondary N) is 1. The average molecular weight is 293 g/mol. The van der Waals surface area contributed by atoms with Crippen LogP contribution in [0.15, 0.2) is 60.7 Å². The fourth-order valence-electron chi connectivity index (χ4n) is 3.05. The van der Waals surface area contributed by atoms with Gasteiger partial charge in [0.05, 0.1) is 0 Å². The molecule has 0 aliphatic heterocycles. The van der Waals surface area contributed by atoms with E-state index in [1.54, 1.807) is 12.1 Å². The molecule has 2 aromatic carbocycles. The predicted octanol–water partition coefficient (Wildman–Crippen LogP) is 4.16. The smallest absolute Gasteiger partial charge is 0.115 e. The minimum atomic E-state index is 0.331. The van der Waals surface area contributed by atoms with Gasteiger partial charge in [-0.2, -0.15) is 0 Å². The molecule has 2 nitrogen and oxygen atoms in total. The van der Waals surface area contributed by atoms with Crippen LogP contribution in [0.5, 0.6) is 5.75 Å². The predicted molar refractivity (Wildman–Crippen MR) is 91.9 cm³/mol. The van der Waals surface area contributed by atoms with Gasteiger partial charge in [0.2, 0.25) is 0 Å². The highest BCUT2D eigenvalue weighted by atomic mass is 16.3. The molecule has 0 bridgehead atoms. The highest BCUT2D eigenvalue weighted by molar-refractivity contribution is 5.67. The van der Waals surface area contributed by atoms with Crippen LogP contribution in [0.2, 0.25) is 0 Å². The van der Waals surface area contributed by atoms with Crippen LogP contribution in [0.25, 0.3) is 5.57 Å². The Morgan fingerprint density at radius 1 is 1.00 bits per heavy atom. The number of rotatable bonds is 5. The molecule has 0 aromatic heterocycles. The van der Waals surface area contributed by atoms with Gasteiger partial charge < -0.3 is 10.4 Å². The molecule has 0 heterocycles. The first kappa shape index (κ1) is 14.9. The van der Waals surface area contributed by atoms with Gasteiger partial charge in [-0.05, 0) is 61.1 Å². The van der Waals surface area contributed by atoms with E-state index in [1.807, 2.05) is 12.1 Å². The molecule has 0 saturated carbocycles. The van der Waals surface area contributed by atoms with Crippen molar-refractivity contribution in [3.05, 3.63) is 71.8 Å². The monoisotopic (exact) mass is 293 g/mol. The van der Waals surface area contributed by atoms with Gasteiger partial charge >= 0.3 is 0 Å². The molecule has 1 unspecified atom stereocenters. The maximum Gasteiger partial charge on any atom is 0.115 e. The lowest BCUT2D eigenvalue weighted by atomic mass is 9.91. The minimum absolute atomic E-state index is 0.331. The van der Waals surface area contributed by atoms with Gasteiger partial charge in [-0.15, -0.1) is 0 Å². The second-order valence-corrected chi connectivity index (χ2v) is 5.93. The summed E-state index contributed by atoms with van der Waals surface area (Å²) in [5.41, 5.74) is 4.00. The number of hydrogen-bond donors (Lipinski definition) is 2. The molecular formula is C20H23NO. The summed E-state index contributed by atoms with van der Waals surface area (Å²) in [5.74, 6) is 0.331. The van der Waals surface area contributed by atoms with E-state index < -0.39 is 0 Å². The first-order valence-electron chi connectivity index (χ1n) is 8.09. The quantitative estimate of drug-likeness (QED) is 0.867. The molecule has 0 fully saturated rings. The highest BCUT2D eigenvalue weighted by Gasteiger charge is 2.14. The van der Waals surface area contributed by atoms with Crippen LogP contribution < -0.4 is 5.32 Å². The van der Waals surface area contributed by atoms with E-state index in [4.69, 9.17) is 0 Å². The minimum Gasteiger partial charge on any atom is -0.508 e. The van der Waals surface area contributed by atoms with Crippen LogP contribution in [0.3, 0.4) is 0 Å². The lowest BCUT2D eigenvalue weighted by Gasteiger charge is -2.22. The maximum absolute atomic E-state index is 9.40. The van der Waals surface area contributed by atoms with E-state index in [0.717, 1.165) is 19.4 Å². The van der Waals surface area contributed by atoms with Gasteiger partial charge in [0.1, 0.15) is 5.75 Å². The number of allylic oxidation sites excluding steroid dienone is 1. The van der Waals surface area contributed by atoms with Crippen LogP contribution in [0.1, 0.15) is 30.4 Å². The van der Waals surface area contributed by atoms with Crippen LogP contribution in [-0.2, 0) is 6.42 Å². The van der Waals surface area contributed by atoms with E-state index in [1.165, 1.54) is 29.5 Å². The molecule has 114 valence electrons. The number of benzene rings is 2. The van der Waals surface area contributed by atoms with Gasteiger partial charge in [-0.25, -0.2) is 0 Å². The van der Waals surface area contributed by atoms with Crippen LogP contribution in [0.4, 0.5) is 0 Å². The third kappa shape index (κ3) is 3.99. The van der Waals surface area contributed by atoms with Gasteiger partial charge in [0, 0.05) is 6.04 Å². The van der Waals surface area contributed by atoms with Crippen LogP contribution in [0, 0.1) is 0 Å². The lowest BCUT2D eigenvalue weighted by molar-refractivity contribution is 0.475. The van der Waals surface area contributed by atoms with Crippen LogP contribution >= 0.6 is 0 Å². The van der Waals surface area contributed by atoms with Crippen molar-refractivity contribution in [1.29, 1.82) is 0 Å². The summed E-state index contributed by atoms with van der Waals surface area (Å²) in [5, 5.41) is 13.1. The average Bonchev–Trinajstić information content (AvgIpc) is 2.57. The van der Waals surface area contributed by atoms with Crippen molar-refractivity contribution < 1.29 is 5.11 Å². The van der Waals surface area contributed by atoms with Crippen molar-refractivity contribution in [2.45, 2.75) is 31.7 Å². The zero-order chi connectivity index (χ0) is 15.2. The summed E-state index contributed by atoms with van der Waals surface area (Å²) in [6, 6.07) is 18.6. The van der Waals surface area contributed by atoms with Crippen molar-refractivity contribution >= 4 is 5.57 Å². The molecule has 2 N–H and O–H groups in total. The molecule has 2 heteroatoms. The number of phenolic OH excluding ortho intramolecular Hbond substituents is 1. The fraction of sp³-hybridized carbons (Fsp3) is 0.300. The van der Waals surface area contributed by atoms with Crippen molar-refractivity contribution in [3.63, 3.8) is 0 Å². The second-order valence-electron chi connectivity index (χ2n) is 5.93. The number of hydrogen-bond acceptors (Lipinski definition) is 2. The largest absolute Gasteiger partial charge is 0.508 e. The topological polar surface area (TPSA) is 32.3 Å². The molecule has 1 atom stereocenters. The Morgan fingerprint density at radius 2 is 1.77 bits per heavy atom. The molecule has 0 spiro atoms. The number of phenols is 1. The van der Waals surface area contributed by atoms with Crippen molar-refractivity contribution in [2.75, 3.05) is 6.54 Å². The van der Waals surface area contributed by atoms with E-state index in [0.29, 0.717) is 11.8 Å². The molecule has 22 heavy (non-hydrogen) atoms. The standard InChI is InChI=1S/C20H23NO/c22-20-11-9-17(10-12-20)18-7-4-8-19(15-18)21-14-13-16-5-2-1-3-6-16/h1-3,5-6,9-12,15,19,21-22H,4,7-8,13-14H2. The zero-order valence-electron chi connectivity index (χ0n) is 12.8. The first-order chi connectivity index (χ1) is 10.8. The number of aromatic hydroxyl groups is 1. The Labute approximate surface area is 132 Å². The van der Waals surface area contributed by atoms with E-state index in [9.17, 15) is 5.11 Å². The molecule has 1 aliphatic rings. The van der Waals surface area contributed by atoms with Gasteiger partial charge in [0.25, 0.3) is 0 Å². The molecule has 0 radical (unpaired) electrons. The van der Waals surface area contributed by atoms with E-state index >= 15 is 0 Å². The normalized spacial score (nSPS) is 18.0. The van der Waals surface area contributed by atoms with E-state index in [2.05, 4.69) is 41.7 Å². The Morgan fingerprint density at radius 3 is 2.55 bits per heavy atom. The summed E-state index contributed by atoms with van der Waals surface area (Å²) >= 11 is 0. The summed E-state index contributed by atoms with van der Waals surface area (Å²) in [4.78, 5) is 0. The van der Waals surface area contributed by atoms with Gasteiger partial charge in [-0.3, -0.25) is 0 Å².